The first-order valence-electron chi connectivity index (χ1n) is 4.39. The van der Waals surface area contributed by atoms with Crippen LogP contribution in [0.4, 0.5) is 0 Å². The van der Waals surface area contributed by atoms with E-state index in [1.165, 1.54) is 0 Å². The summed E-state index contributed by atoms with van der Waals surface area (Å²) in [7, 11) is 0. The van der Waals surface area contributed by atoms with Crippen LogP contribution in [-0.2, 0) is 0 Å². The molecule has 0 amide bonds. The highest BCUT2D eigenvalue weighted by molar-refractivity contribution is 7.13. The molecule has 0 aromatic carbocycles. The van der Waals surface area contributed by atoms with Gasteiger partial charge in [-0.2, -0.15) is 0 Å². The van der Waals surface area contributed by atoms with Crippen LogP contribution in [0, 0.1) is 20.8 Å². The van der Waals surface area contributed by atoms with Crippen LogP contribution in [-0.4, -0.2) is 15.0 Å². The molecule has 0 saturated heterocycles. The van der Waals surface area contributed by atoms with Gasteiger partial charge in [0.2, 0.25) is 0 Å². The van der Waals surface area contributed by atoms with Crippen molar-refractivity contribution in [3.05, 3.63) is 28.7 Å². The van der Waals surface area contributed by atoms with Crippen molar-refractivity contribution in [2.24, 2.45) is 0 Å². The average Bonchev–Trinajstić information content (AvgIpc) is 2.56. The van der Waals surface area contributed by atoms with Gasteiger partial charge in [-0.3, -0.25) is 4.98 Å². The summed E-state index contributed by atoms with van der Waals surface area (Å²) >= 11 is 1.61. The van der Waals surface area contributed by atoms with E-state index in [1.54, 1.807) is 17.5 Å². The molecule has 72 valence electrons. The van der Waals surface area contributed by atoms with E-state index >= 15 is 0 Å². The molecule has 0 radical (unpaired) electrons. The standard InChI is InChI=1S/C10H11N3S/c1-6-4-11-8(3)9(12-6)10-13-7(2)5-14-10/h4-5H,1-3H3. The van der Waals surface area contributed by atoms with E-state index in [-0.39, 0.29) is 0 Å². The molecule has 2 aromatic heterocycles. The predicted octanol–water partition coefficient (Wildman–Crippen LogP) is 2.53. The van der Waals surface area contributed by atoms with E-state index in [0.717, 1.165) is 27.8 Å². The summed E-state index contributed by atoms with van der Waals surface area (Å²) in [6, 6.07) is 0. The maximum Gasteiger partial charge on any atom is 0.143 e. The lowest BCUT2D eigenvalue weighted by atomic mass is 10.3. The van der Waals surface area contributed by atoms with Crippen LogP contribution in [0.2, 0.25) is 0 Å². The molecule has 3 nitrogen and oxygen atoms in total. The Kier molecular flexibility index (Phi) is 2.29. The van der Waals surface area contributed by atoms with Crippen molar-refractivity contribution >= 4 is 11.3 Å². The van der Waals surface area contributed by atoms with Crippen LogP contribution in [0.5, 0.6) is 0 Å². The van der Waals surface area contributed by atoms with Gasteiger partial charge >= 0.3 is 0 Å². The lowest BCUT2D eigenvalue weighted by Gasteiger charge is -2.00. The van der Waals surface area contributed by atoms with Crippen LogP contribution in [0.15, 0.2) is 11.6 Å². The van der Waals surface area contributed by atoms with Crippen molar-refractivity contribution < 1.29 is 0 Å². The largest absolute Gasteiger partial charge is 0.257 e. The first kappa shape index (κ1) is 9.27. The fourth-order valence-electron chi connectivity index (χ4n) is 1.20. The number of rotatable bonds is 1. The maximum absolute atomic E-state index is 4.44. The van der Waals surface area contributed by atoms with Crippen LogP contribution in [0.3, 0.4) is 0 Å². The number of aryl methyl sites for hydroxylation is 3. The molecule has 0 aliphatic heterocycles. The van der Waals surface area contributed by atoms with Gasteiger partial charge in [-0.15, -0.1) is 11.3 Å². The molecule has 0 N–H and O–H groups in total. The summed E-state index contributed by atoms with van der Waals surface area (Å²) in [5.74, 6) is 0. The topological polar surface area (TPSA) is 38.7 Å². The molecule has 0 aliphatic carbocycles. The number of thiazole rings is 1. The number of hydrogen-bond acceptors (Lipinski definition) is 4. The van der Waals surface area contributed by atoms with E-state index in [0.29, 0.717) is 0 Å². The fraction of sp³-hybridized carbons (Fsp3) is 0.300. The van der Waals surface area contributed by atoms with Gasteiger partial charge < -0.3 is 0 Å². The minimum absolute atomic E-state index is 0.906. The normalized spacial score (nSPS) is 10.5. The Labute approximate surface area is 86.9 Å². The van der Waals surface area contributed by atoms with Gasteiger partial charge in [0.05, 0.1) is 11.4 Å². The van der Waals surface area contributed by atoms with Gasteiger partial charge in [0.1, 0.15) is 10.7 Å². The molecule has 0 spiro atoms. The SMILES string of the molecule is Cc1csc(-c2nc(C)cnc2C)n1. The Hall–Kier alpha value is -1.29. The fourth-order valence-corrected chi connectivity index (χ4v) is 2.04. The molecule has 14 heavy (non-hydrogen) atoms. The number of nitrogens with zero attached hydrogens (tertiary/aromatic N) is 3. The zero-order valence-corrected chi connectivity index (χ0v) is 9.22. The molecule has 4 heteroatoms. The summed E-state index contributed by atoms with van der Waals surface area (Å²) in [6.45, 7) is 5.88. The highest BCUT2D eigenvalue weighted by atomic mass is 32.1. The molecule has 0 atom stereocenters. The molecule has 2 aromatic rings. The maximum atomic E-state index is 4.44. The second-order valence-corrected chi connectivity index (χ2v) is 4.10. The van der Waals surface area contributed by atoms with Crippen molar-refractivity contribution in [1.29, 1.82) is 0 Å². The minimum atomic E-state index is 0.906. The van der Waals surface area contributed by atoms with Gasteiger partial charge in [-0.05, 0) is 20.8 Å². The Morgan fingerprint density at radius 1 is 1.07 bits per heavy atom. The molecule has 2 heterocycles. The Morgan fingerprint density at radius 3 is 2.50 bits per heavy atom. The molecule has 0 aliphatic rings. The van der Waals surface area contributed by atoms with Gasteiger partial charge in [0, 0.05) is 17.3 Å². The summed E-state index contributed by atoms with van der Waals surface area (Å²) in [5, 5.41) is 2.98. The van der Waals surface area contributed by atoms with Crippen molar-refractivity contribution in [1.82, 2.24) is 15.0 Å². The van der Waals surface area contributed by atoms with Gasteiger partial charge in [-0.1, -0.05) is 0 Å². The van der Waals surface area contributed by atoms with Crippen molar-refractivity contribution in [3.8, 4) is 10.7 Å². The lowest BCUT2D eigenvalue weighted by molar-refractivity contribution is 1.06. The predicted molar refractivity (Wildman–Crippen MR) is 57.4 cm³/mol. The average molecular weight is 205 g/mol. The van der Waals surface area contributed by atoms with E-state index in [4.69, 9.17) is 0 Å². The van der Waals surface area contributed by atoms with E-state index in [9.17, 15) is 0 Å². The molecule has 0 bridgehead atoms. The quantitative estimate of drug-likeness (QED) is 0.718. The van der Waals surface area contributed by atoms with Crippen LogP contribution >= 0.6 is 11.3 Å². The van der Waals surface area contributed by atoms with Gasteiger partial charge in [0.25, 0.3) is 0 Å². The smallest absolute Gasteiger partial charge is 0.143 e. The second-order valence-electron chi connectivity index (χ2n) is 3.24. The highest BCUT2D eigenvalue weighted by Gasteiger charge is 2.08. The number of hydrogen-bond donors (Lipinski definition) is 0. The third kappa shape index (κ3) is 1.65. The summed E-state index contributed by atoms with van der Waals surface area (Å²) in [6.07, 6.45) is 1.78. The molecular formula is C10H11N3S. The molecule has 2 rings (SSSR count). The van der Waals surface area contributed by atoms with Gasteiger partial charge in [0.15, 0.2) is 0 Å². The molecular weight excluding hydrogens is 194 g/mol. The number of aromatic nitrogens is 3. The monoisotopic (exact) mass is 205 g/mol. The van der Waals surface area contributed by atoms with Crippen LogP contribution in [0.25, 0.3) is 10.7 Å². The lowest BCUT2D eigenvalue weighted by Crippen LogP contribution is -1.93. The summed E-state index contributed by atoms with van der Waals surface area (Å²) in [5.41, 5.74) is 3.80. The Balaban J connectivity index is 2.55. The Morgan fingerprint density at radius 2 is 1.86 bits per heavy atom. The Bertz CT molecular complexity index is 462. The molecule has 0 unspecified atom stereocenters. The van der Waals surface area contributed by atoms with E-state index < -0.39 is 0 Å². The van der Waals surface area contributed by atoms with E-state index in [1.807, 2.05) is 26.2 Å². The van der Waals surface area contributed by atoms with Gasteiger partial charge in [-0.25, -0.2) is 9.97 Å². The van der Waals surface area contributed by atoms with Crippen LogP contribution in [0.1, 0.15) is 17.1 Å². The zero-order chi connectivity index (χ0) is 10.1. The van der Waals surface area contributed by atoms with Crippen LogP contribution < -0.4 is 0 Å². The molecule has 0 saturated carbocycles. The van der Waals surface area contributed by atoms with Crippen molar-refractivity contribution in [3.63, 3.8) is 0 Å². The zero-order valence-electron chi connectivity index (χ0n) is 8.40. The summed E-state index contributed by atoms with van der Waals surface area (Å²) in [4.78, 5) is 13.1. The summed E-state index contributed by atoms with van der Waals surface area (Å²) < 4.78 is 0. The third-order valence-corrected chi connectivity index (χ3v) is 2.86. The minimum Gasteiger partial charge on any atom is -0.257 e. The van der Waals surface area contributed by atoms with Crippen molar-refractivity contribution in [2.45, 2.75) is 20.8 Å². The van der Waals surface area contributed by atoms with Crippen molar-refractivity contribution in [2.75, 3.05) is 0 Å². The molecule has 0 fully saturated rings. The van der Waals surface area contributed by atoms with E-state index in [2.05, 4.69) is 15.0 Å². The first-order valence-corrected chi connectivity index (χ1v) is 5.27. The second kappa shape index (κ2) is 3.46. The first-order chi connectivity index (χ1) is 6.66. The third-order valence-electron chi connectivity index (χ3n) is 1.90. The highest BCUT2D eigenvalue weighted by Crippen LogP contribution is 2.23.